The van der Waals surface area contributed by atoms with E-state index in [-0.39, 0.29) is 0 Å². The van der Waals surface area contributed by atoms with Gasteiger partial charge in [-0.25, -0.2) is 14.6 Å². The Kier molecular flexibility index (Phi) is 3.97. The van der Waals surface area contributed by atoms with Gasteiger partial charge in [-0.2, -0.15) is 5.10 Å². The monoisotopic (exact) mass is 264 g/mol. The molecule has 0 aromatic carbocycles. The van der Waals surface area contributed by atoms with Crippen molar-refractivity contribution >= 4 is 11.6 Å². The van der Waals surface area contributed by atoms with Crippen molar-refractivity contribution in [2.75, 3.05) is 0 Å². The highest BCUT2D eigenvalue weighted by Crippen LogP contribution is 2.15. The number of rotatable bonds is 4. The maximum absolute atomic E-state index is 6.02. The molecule has 0 radical (unpaired) electrons. The molecule has 0 amide bonds. The van der Waals surface area contributed by atoms with Crippen LogP contribution in [0.15, 0.2) is 12.1 Å². The van der Waals surface area contributed by atoms with Crippen LogP contribution >= 0.6 is 11.6 Å². The molecule has 0 atom stereocenters. The van der Waals surface area contributed by atoms with Gasteiger partial charge in [0.15, 0.2) is 5.82 Å². The minimum absolute atomic E-state index is 0.465. The van der Waals surface area contributed by atoms with Crippen LogP contribution in [-0.4, -0.2) is 19.7 Å². The Bertz CT molecular complexity index is 548. The third-order valence-electron chi connectivity index (χ3n) is 2.82. The average Bonchev–Trinajstić information content (AvgIpc) is 2.81. The van der Waals surface area contributed by atoms with E-state index in [1.54, 1.807) is 6.07 Å². The third-order valence-corrected chi connectivity index (χ3v) is 3.01. The molecule has 0 N–H and O–H groups in total. The van der Waals surface area contributed by atoms with Crippen LogP contribution in [0.4, 0.5) is 0 Å². The van der Waals surface area contributed by atoms with Crippen LogP contribution in [0.3, 0.4) is 0 Å². The Hall–Kier alpha value is -1.42. The Morgan fingerprint density at radius 2 is 1.83 bits per heavy atom. The Balaban J connectivity index is 2.53. The van der Waals surface area contributed by atoms with Crippen molar-refractivity contribution in [3.05, 3.63) is 34.5 Å². The van der Waals surface area contributed by atoms with Gasteiger partial charge < -0.3 is 0 Å². The summed E-state index contributed by atoms with van der Waals surface area (Å²) in [6.45, 7) is 6.21. The van der Waals surface area contributed by atoms with E-state index in [4.69, 9.17) is 11.6 Å². The zero-order chi connectivity index (χ0) is 13.1. The normalized spacial score (nSPS) is 10.9. The van der Waals surface area contributed by atoms with E-state index in [0.29, 0.717) is 5.15 Å². The smallest absolute Gasteiger partial charge is 0.158 e. The highest BCUT2D eigenvalue weighted by molar-refractivity contribution is 6.29. The molecular formula is C13H17ClN4. The number of hydrogen-bond acceptors (Lipinski definition) is 3. The van der Waals surface area contributed by atoms with Gasteiger partial charge in [-0.3, -0.25) is 0 Å². The molecular weight excluding hydrogens is 248 g/mol. The van der Waals surface area contributed by atoms with Crippen LogP contribution in [0.25, 0.3) is 5.82 Å². The van der Waals surface area contributed by atoms with Crippen molar-refractivity contribution in [3.8, 4) is 5.82 Å². The molecule has 2 aromatic rings. The first-order valence-corrected chi connectivity index (χ1v) is 6.67. The lowest BCUT2D eigenvalue weighted by Gasteiger charge is -2.06. The molecule has 2 heterocycles. The van der Waals surface area contributed by atoms with Gasteiger partial charge in [0.05, 0.1) is 5.69 Å². The first-order chi connectivity index (χ1) is 8.67. The lowest BCUT2D eigenvalue weighted by Crippen LogP contribution is -2.07. The SMILES string of the molecule is CCc1cc(CC)n(-c2cc(Cl)nc(CC)n2)n1. The summed E-state index contributed by atoms with van der Waals surface area (Å²) >= 11 is 6.02. The lowest BCUT2D eigenvalue weighted by molar-refractivity contribution is 0.756. The van der Waals surface area contributed by atoms with Crippen LogP contribution in [-0.2, 0) is 19.3 Å². The largest absolute Gasteiger partial charge is 0.221 e. The minimum Gasteiger partial charge on any atom is -0.221 e. The second kappa shape index (κ2) is 5.48. The summed E-state index contributed by atoms with van der Waals surface area (Å²) in [6.07, 6.45) is 2.59. The van der Waals surface area contributed by atoms with Crippen molar-refractivity contribution in [2.24, 2.45) is 0 Å². The third kappa shape index (κ3) is 2.53. The Morgan fingerprint density at radius 1 is 1.06 bits per heavy atom. The molecule has 4 nitrogen and oxygen atoms in total. The average molecular weight is 265 g/mol. The maximum atomic E-state index is 6.02. The summed E-state index contributed by atoms with van der Waals surface area (Å²) in [7, 11) is 0. The predicted octanol–water partition coefficient (Wildman–Crippen LogP) is 3.00. The van der Waals surface area contributed by atoms with Crippen molar-refractivity contribution in [1.82, 2.24) is 19.7 Å². The molecule has 0 unspecified atom stereocenters. The van der Waals surface area contributed by atoms with E-state index < -0.39 is 0 Å². The van der Waals surface area contributed by atoms with E-state index in [0.717, 1.165) is 42.3 Å². The topological polar surface area (TPSA) is 43.6 Å². The lowest BCUT2D eigenvalue weighted by atomic mass is 10.2. The second-order valence-corrected chi connectivity index (χ2v) is 4.45. The van der Waals surface area contributed by atoms with Crippen molar-refractivity contribution in [2.45, 2.75) is 40.0 Å². The number of aromatic nitrogens is 4. The summed E-state index contributed by atoms with van der Waals surface area (Å²) in [6, 6.07) is 3.87. The van der Waals surface area contributed by atoms with Crippen LogP contribution in [0, 0.1) is 0 Å². The molecule has 0 bridgehead atoms. The van der Waals surface area contributed by atoms with Gasteiger partial charge in [0.25, 0.3) is 0 Å². The maximum Gasteiger partial charge on any atom is 0.158 e. The van der Waals surface area contributed by atoms with Gasteiger partial charge in [-0.05, 0) is 18.9 Å². The molecule has 18 heavy (non-hydrogen) atoms. The van der Waals surface area contributed by atoms with Gasteiger partial charge in [0.2, 0.25) is 0 Å². The zero-order valence-corrected chi connectivity index (χ0v) is 11.7. The number of halogens is 1. The van der Waals surface area contributed by atoms with E-state index in [1.165, 1.54) is 0 Å². The summed E-state index contributed by atoms with van der Waals surface area (Å²) in [5, 5.41) is 5.02. The van der Waals surface area contributed by atoms with Crippen LogP contribution < -0.4 is 0 Å². The molecule has 5 heteroatoms. The summed E-state index contributed by atoms with van der Waals surface area (Å²) < 4.78 is 1.87. The number of hydrogen-bond donors (Lipinski definition) is 0. The highest BCUT2D eigenvalue weighted by atomic mass is 35.5. The molecule has 0 aliphatic carbocycles. The first-order valence-electron chi connectivity index (χ1n) is 6.29. The first kappa shape index (κ1) is 13.0. The second-order valence-electron chi connectivity index (χ2n) is 4.06. The fourth-order valence-corrected chi connectivity index (χ4v) is 2.01. The number of nitrogens with zero attached hydrogens (tertiary/aromatic N) is 4. The standard InChI is InChI=1S/C13H17ClN4/c1-4-9-7-10(5-2)18(17-9)13-8-11(14)15-12(6-3)16-13/h7-8H,4-6H2,1-3H3. The predicted molar refractivity (Wildman–Crippen MR) is 72.3 cm³/mol. The van der Waals surface area contributed by atoms with Crippen LogP contribution in [0.2, 0.25) is 5.15 Å². The zero-order valence-electron chi connectivity index (χ0n) is 10.9. The molecule has 0 aliphatic heterocycles. The molecule has 0 spiro atoms. The summed E-state index contributed by atoms with van der Waals surface area (Å²) in [5.74, 6) is 1.50. The molecule has 0 fully saturated rings. The quantitative estimate of drug-likeness (QED) is 0.798. The molecule has 96 valence electrons. The van der Waals surface area contributed by atoms with Crippen molar-refractivity contribution in [3.63, 3.8) is 0 Å². The Labute approximate surface area is 112 Å². The fourth-order valence-electron chi connectivity index (χ4n) is 1.82. The summed E-state index contributed by atoms with van der Waals surface area (Å²) in [4.78, 5) is 8.66. The van der Waals surface area contributed by atoms with Crippen LogP contribution in [0.1, 0.15) is 38.0 Å². The van der Waals surface area contributed by atoms with E-state index in [9.17, 15) is 0 Å². The van der Waals surface area contributed by atoms with Gasteiger partial charge in [0, 0.05) is 18.2 Å². The summed E-state index contributed by atoms with van der Waals surface area (Å²) in [5.41, 5.74) is 2.21. The van der Waals surface area contributed by atoms with E-state index in [2.05, 4.69) is 35.0 Å². The minimum atomic E-state index is 0.465. The van der Waals surface area contributed by atoms with Crippen LogP contribution in [0.5, 0.6) is 0 Å². The van der Waals surface area contributed by atoms with Gasteiger partial charge in [-0.15, -0.1) is 0 Å². The fraction of sp³-hybridized carbons (Fsp3) is 0.462. The molecule has 2 aromatic heterocycles. The Morgan fingerprint density at radius 3 is 2.44 bits per heavy atom. The molecule has 2 rings (SSSR count). The molecule has 0 aliphatic rings. The highest BCUT2D eigenvalue weighted by Gasteiger charge is 2.10. The molecule has 0 saturated heterocycles. The van der Waals surface area contributed by atoms with Gasteiger partial charge in [0.1, 0.15) is 11.0 Å². The number of aryl methyl sites for hydroxylation is 3. The molecule has 0 saturated carbocycles. The van der Waals surface area contributed by atoms with Gasteiger partial charge in [-0.1, -0.05) is 32.4 Å². The van der Waals surface area contributed by atoms with E-state index >= 15 is 0 Å². The van der Waals surface area contributed by atoms with E-state index in [1.807, 2.05) is 11.6 Å². The van der Waals surface area contributed by atoms with Crippen molar-refractivity contribution in [1.29, 1.82) is 0 Å². The van der Waals surface area contributed by atoms with Crippen molar-refractivity contribution < 1.29 is 0 Å². The van der Waals surface area contributed by atoms with Gasteiger partial charge >= 0.3 is 0 Å².